The smallest absolute Gasteiger partial charge is 0.254 e. The third-order valence-corrected chi connectivity index (χ3v) is 3.92. The molecule has 0 spiro atoms. The fraction of sp³-hybridized carbons (Fsp3) is 0.500. The van der Waals surface area contributed by atoms with Gasteiger partial charge in [0.2, 0.25) is 0 Å². The van der Waals surface area contributed by atoms with Crippen LogP contribution in [-0.2, 0) is 5.41 Å². The number of carbonyl (C=O) groups is 1. The predicted molar refractivity (Wildman–Crippen MR) is 70.7 cm³/mol. The summed E-state index contributed by atoms with van der Waals surface area (Å²) >= 11 is 5.53. The van der Waals surface area contributed by atoms with Crippen molar-refractivity contribution in [2.24, 2.45) is 0 Å². The van der Waals surface area contributed by atoms with Crippen molar-refractivity contribution in [2.45, 2.75) is 31.6 Å². The Morgan fingerprint density at radius 3 is 2.78 bits per heavy atom. The Morgan fingerprint density at radius 1 is 1.50 bits per heavy atom. The number of hydrogen-bond donors (Lipinski definition) is 1. The molecule has 1 aliphatic rings. The molecular formula is C14H17ClFNO. The predicted octanol–water partition coefficient (Wildman–Crippen LogP) is 3.24. The van der Waals surface area contributed by atoms with Crippen molar-refractivity contribution in [3.05, 3.63) is 35.1 Å². The van der Waals surface area contributed by atoms with E-state index < -0.39 is 5.82 Å². The van der Waals surface area contributed by atoms with Crippen LogP contribution in [-0.4, -0.2) is 18.3 Å². The Labute approximate surface area is 112 Å². The number of benzene rings is 1. The molecule has 0 bridgehead atoms. The molecule has 4 heteroatoms. The molecule has 0 heterocycles. The van der Waals surface area contributed by atoms with E-state index in [1.165, 1.54) is 6.07 Å². The van der Waals surface area contributed by atoms with Crippen LogP contribution < -0.4 is 5.32 Å². The second kappa shape index (κ2) is 5.27. The van der Waals surface area contributed by atoms with Gasteiger partial charge in [-0.1, -0.05) is 25.5 Å². The number of halogens is 2. The lowest BCUT2D eigenvalue weighted by atomic mass is 9.65. The summed E-state index contributed by atoms with van der Waals surface area (Å²) in [6, 6.07) is 4.87. The third-order valence-electron chi connectivity index (χ3n) is 3.73. The Hall–Kier alpha value is -1.09. The second-order valence-electron chi connectivity index (χ2n) is 5.02. The summed E-state index contributed by atoms with van der Waals surface area (Å²) < 4.78 is 13.9. The summed E-state index contributed by atoms with van der Waals surface area (Å²) in [7, 11) is 0. The van der Waals surface area contributed by atoms with Crippen molar-refractivity contribution >= 4 is 17.5 Å². The zero-order chi connectivity index (χ0) is 13.2. The van der Waals surface area contributed by atoms with E-state index in [4.69, 9.17) is 11.6 Å². The van der Waals surface area contributed by atoms with E-state index in [-0.39, 0.29) is 16.9 Å². The minimum absolute atomic E-state index is 0.0598. The normalized spacial score (nSPS) is 17.1. The molecule has 0 aliphatic heterocycles. The molecular weight excluding hydrogens is 253 g/mol. The Bertz CT molecular complexity index is 457. The van der Waals surface area contributed by atoms with Gasteiger partial charge in [-0.25, -0.2) is 4.39 Å². The molecule has 1 fully saturated rings. The van der Waals surface area contributed by atoms with Crippen LogP contribution in [0.3, 0.4) is 0 Å². The van der Waals surface area contributed by atoms with Gasteiger partial charge in [0.05, 0.1) is 5.56 Å². The van der Waals surface area contributed by atoms with Crippen LogP contribution in [0.25, 0.3) is 0 Å². The first-order chi connectivity index (χ1) is 8.58. The maximum atomic E-state index is 13.9. The highest BCUT2D eigenvalue weighted by Crippen LogP contribution is 2.44. The van der Waals surface area contributed by atoms with Crippen LogP contribution in [0.4, 0.5) is 4.39 Å². The first kappa shape index (κ1) is 13.3. The number of nitrogens with one attached hydrogen (secondary N) is 1. The summed E-state index contributed by atoms with van der Waals surface area (Å²) in [6.07, 6.45) is 3.15. The number of rotatable bonds is 4. The molecule has 1 aliphatic carbocycles. The van der Waals surface area contributed by atoms with E-state index in [1.54, 1.807) is 6.07 Å². The zero-order valence-corrected chi connectivity index (χ0v) is 11.2. The third kappa shape index (κ3) is 2.37. The lowest BCUT2D eigenvalue weighted by molar-refractivity contribution is 0.0947. The average Bonchev–Trinajstić information content (AvgIpc) is 2.32. The van der Waals surface area contributed by atoms with E-state index in [9.17, 15) is 9.18 Å². The highest BCUT2D eigenvalue weighted by molar-refractivity contribution is 6.18. The summed E-state index contributed by atoms with van der Waals surface area (Å²) in [4.78, 5) is 12.0. The van der Waals surface area contributed by atoms with Gasteiger partial charge in [0.25, 0.3) is 5.91 Å². The fourth-order valence-corrected chi connectivity index (χ4v) is 2.58. The van der Waals surface area contributed by atoms with E-state index in [1.807, 2.05) is 6.07 Å². The van der Waals surface area contributed by atoms with Gasteiger partial charge in [0, 0.05) is 12.4 Å². The van der Waals surface area contributed by atoms with E-state index in [2.05, 4.69) is 12.2 Å². The molecule has 0 radical (unpaired) electrons. The van der Waals surface area contributed by atoms with Crippen LogP contribution in [0, 0.1) is 5.82 Å². The van der Waals surface area contributed by atoms with E-state index >= 15 is 0 Å². The largest absolute Gasteiger partial charge is 0.351 e. The van der Waals surface area contributed by atoms with Gasteiger partial charge in [-0.05, 0) is 29.9 Å². The van der Waals surface area contributed by atoms with Gasteiger partial charge >= 0.3 is 0 Å². The maximum Gasteiger partial charge on any atom is 0.254 e. The molecule has 1 aromatic rings. The number of alkyl halides is 1. The van der Waals surface area contributed by atoms with Crippen LogP contribution in [0.5, 0.6) is 0 Å². The van der Waals surface area contributed by atoms with Crippen molar-refractivity contribution in [1.29, 1.82) is 0 Å². The fourth-order valence-electron chi connectivity index (χ4n) is 2.48. The lowest BCUT2D eigenvalue weighted by Crippen LogP contribution is -2.35. The van der Waals surface area contributed by atoms with Gasteiger partial charge in [-0.3, -0.25) is 4.79 Å². The Balaban J connectivity index is 2.35. The lowest BCUT2D eigenvalue weighted by Gasteiger charge is -2.40. The minimum atomic E-state index is -0.451. The van der Waals surface area contributed by atoms with E-state index in [0.717, 1.165) is 24.8 Å². The van der Waals surface area contributed by atoms with Crippen molar-refractivity contribution in [2.75, 3.05) is 12.4 Å². The highest BCUT2D eigenvalue weighted by atomic mass is 35.5. The van der Waals surface area contributed by atoms with Gasteiger partial charge in [0.1, 0.15) is 5.82 Å². The summed E-state index contributed by atoms with van der Waals surface area (Å²) in [5.41, 5.74) is 0.945. The molecule has 98 valence electrons. The minimum Gasteiger partial charge on any atom is -0.351 e. The number of carbonyl (C=O) groups excluding carboxylic acids is 1. The number of amides is 1. The molecule has 2 nitrogen and oxygen atoms in total. The molecule has 1 saturated carbocycles. The first-order valence-corrected chi connectivity index (χ1v) is 6.75. The topological polar surface area (TPSA) is 29.1 Å². The summed E-state index contributed by atoms with van der Waals surface area (Å²) in [5, 5.41) is 2.64. The van der Waals surface area contributed by atoms with E-state index in [0.29, 0.717) is 12.4 Å². The van der Waals surface area contributed by atoms with Crippen molar-refractivity contribution in [3.8, 4) is 0 Å². The summed E-state index contributed by atoms with van der Waals surface area (Å²) in [5.74, 6) is -0.489. The highest BCUT2D eigenvalue weighted by Gasteiger charge is 2.37. The Morgan fingerprint density at radius 2 is 2.22 bits per heavy atom. The molecule has 0 aromatic heterocycles. The first-order valence-electron chi connectivity index (χ1n) is 6.22. The van der Waals surface area contributed by atoms with Gasteiger partial charge in [-0.15, -0.1) is 11.6 Å². The van der Waals surface area contributed by atoms with Gasteiger partial charge in [-0.2, -0.15) is 0 Å². The second-order valence-corrected chi connectivity index (χ2v) is 5.40. The molecule has 1 N–H and O–H groups in total. The van der Waals surface area contributed by atoms with Gasteiger partial charge in [0.15, 0.2) is 0 Å². The van der Waals surface area contributed by atoms with Crippen molar-refractivity contribution in [3.63, 3.8) is 0 Å². The van der Waals surface area contributed by atoms with Crippen molar-refractivity contribution < 1.29 is 9.18 Å². The zero-order valence-electron chi connectivity index (χ0n) is 10.4. The molecule has 1 amide bonds. The monoisotopic (exact) mass is 269 g/mol. The van der Waals surface area contributed by atoms with Crippen LogP contribution >= 0.6 is 11.6 Å². The van der Waals surface area contributed by atoms with Crippen molar-refractivity contribution in [1.82, 2.24) is 5.32 Å². The molecule has 0 saturated heterocycles. The standard InChI is InChI=1S/C14H17ClFNO/c1-14(6-3-7-14)10-4-2-5-11(16)12(10)13(18)17-9-8-15/h2,4-5H,3,6-9H2,1H3,(H,17,18). The maximum absolute atomic E-state index is 13.9. The van der Waals surface area contributed by atoms with Crippen LogP contribution in [0.2, 0.25) is 0 Å². The summed E-state index contributed by atoms with van der Waals surface area (Å²) in [6.45, 7) is 2.44. The quantitative estimate of drug-likeness (QED) is 0.836. The molecule has 18 heavy (non-hydrogen) atoms. The Kier molecular flexibility index (Phi) is 3.91. The molecule has 2 rings (SSSR count). The van der Waals surface area contributed by atoms with Crippen LogP contribution in [0.1, 0.15) is 42.1 Å². The molecule has 0 atom stereocenters. The van der Waals surface area contributed by atoms with Crippen LogP contribution in [0.15, 0.2) is 18.2 Å². The average molecular weight is 270 g/mol. The van der Waals surface area contributed by atoms with Gasteiger partial charge < -0.3 is 5.32 Å². The molecule has 1 aromatic carbocycles. The SMILES string of the molecule is CC1(c2cccc(F)c2C(=O)NCCCl)CCC1. The number of hydrogen-bond acceptors (Lipinski definition) is 1. The molecule has 0 unspecified atom stereocenters.